The monoisotopic (exact) mass is 831 g/mol. The zero-order valence-corrected chi connectivity index (χ0v) is 36.9. The van der Waals surface area contributed by atoms with Crippen molar-refractivity contribution >= 4 is 13.8 Å². The normalized spacial score (nSPS) is 15.1. The van der Waals surface area contributed by atoms with Crippen LogP contribution in [0.4, 0.5) is 0 Å². The van der Waals surface area contributed by atoms with Gasteiger partial charge in [-0.15, -0.1) is 0 Å². The van der Waals surface area contributed by atoms with E-state index in [9.17, 15) is 19.4 Å². The maximum Gasteiger partial charge on any atom is 0.472 e. The largest absolute Gasteiger partial charge is 0.472 e. The maximum atomic E-state index is 12.6. The van der Waals surface area contributed by atoms with Crippen LogP contribution >= 0.6 is 7.82 Å². The van der Waals surface area contributed by atoms with Crippen LogP contribution in [0.2, 0.25) is 0 Å². The molecule has 0 bridgehead atoms. The van der Waals surface area contributed by atoms with Crippen LogP contribution in [0.15, 0.2) is 109 Å². The van der Waals surface area contributed by atoms with Gasteiger partial charge in [-0.25, -0.2) is 4.57 Å². The van der Waals surface area contributed by atoms with Gasteiger partial charge in [0.05, 0.1) is 33.0 Å². The molecule has 0 spiro atoms. The standard InChI is InChI=1S/C48H79O9P/c1-3-5-7-9-11-13-15-17-19-21-22-23-24-25-26-28-30-32-34-36-38-40-48(51)57-47(45-56-58(52,53)55-43-46(50)42-49)44-54-41-39-37-35-33-31-29-27-20-18-16-14-12-10-8-6-4-2/h5-8,11-14,17-20,22-23,29,31,35,37,46-47,49-50H,3-4,9-10,15-16,21,24-28,30,32-34,36,38-45H2,1-2H3,(H,52,53)/b7-5-,8-6-,13-11-,14-12-,19-17-,20-18-,23-22-,31-29-,37-35-. The number of hydrogen-bond donors (Lipinski definition) is 3. The molecule has 0 amide bonds. The molecule has 0 rings (SSSR count). The van der Waals surface area contributed by atoms with Gasteiger partial charge < -0.3 is 24.6 Å². The molecule has 0 saturated carbocycles. The maximum absolute atomic E-state index is 12.6. The highest BCUT2D eigenvalue weighted by Gasteiger charge is 2.26. The number of aliphatic hydroxyl groups excluding tert-OH is 2. The number of rotatable bonds is 40. The summed E-state index contributed by atoms with van der Waals surface area (Å²) in [7, 11) is -4.55. The van der Waals surface area contributed by atoms with Gasteiger partial charge in [0.15, 0.2) is 0 Å². The van der Waals surface area contributed by atoms with E-state index in [1.807, 2.05) is 6.08 Å². The fourth-order valence-electron chi connectivity index (χ4n) is 5.23. The number of unbranched alkanes of at least 4 members (excludes halogenated alkanes) is 8. The highest BCUT2D eigenvalue weighted by molar-refractivity contribution is 7.47. The Morgan fingerprint density at radius 2 is 0.931 bits per heavy atom. The highest BCUT2D eigenvalue weighted by atomic mass is 31.2. The summed E-state index contributed by atoms with van der Waals surface area (Å²) in [5, 5.41) is 18.4. The molecule has 3 N–H and O–H groups in total. The van der Waals surface area contributed by atoms with Gasteiger partial charge in [-0.1, -0.05) is 162 Å². The predicted octanol–water partition coefficient (Wildman–Crippen LogP) is 12.2. The second-order valence-corrected chi connectivity index (χ2v) is 15.4. The fourth-order valence-corrected chi connectivity index (χ4v) is 6.02. The molecule has 0 saturated heterocycles. The molecule has 0 aliphatic rings. The lowest BCUT2D eigenvalue weighted by molar-refractivity contribution is -0.154. The first kappa shape index (κ1) is 55.1. The van der Waals surface area contributed by atoms with Crippen molar-refractivity contribution in [2.24, 2.45) is 0 Å². The third kappa shape index (κ3) is 42.7. The van der Waals surface area contributed by atoms with Crippen molar-refractivity contribution in [3.8, 4) is 0 Å². The molecule has 0 aromatic heterocycles. The Hall–Kier alpha value is -2.88. The zero-order chi connectivity index (χ0) is 42.5. The minimum absolute atomic E-state index is 0.0159. The van der Waals surface area contributed by atoms with Crippen LogP contribution in [0.3, 0.4) is 0 Å². The van der Waals surface area contributed by atoms with E-state index in [2.05, 4.69) is 117 Å². The number of phosphoric acid groups is 1. The average Bonchev–Trinajstić information content (AvgIpc) is 3.21. The summed E-state index contributed by atoms with van der Waals surface area (Å²) < 4.78 is 33.2. The molecule has 0 aliphatic carbocycles. The Labute approximate surface area is 352 Å². The number of aliphatic hydroxyl groups is 2. The first-order chi connectivity index (χ1) is 28.3. The van der Waals surface area contributed by atoms with Crippen molar-refractivity contribution in [3.05, 3.63) is 109 Å². The van der Waals surface area contributed by atoms with Crippen molar-refractivity contribution < 1.29 is 43.0 Å². The molecule has 3 unspecified atom stereocenters. The molecule has 58 heavy (non-hydrogen) atoms. The van der Waals surface area contributed by atoms with E-state index in [-0.39, 0.29) is 13.0 Å². The van der Waals surface area contributed by atoms with Gasteiger partial charge in [-0.05, 0) is 83.5 Å². The van der Waals surface area contributed by atoms with E-state index in [0.717, 1.165) is 83.5 Å². The molecule has 0 aliphatic heterocycles. The molecule has 330 valence electrons. The van der Waals surface area contributed by atoms with Crippen LogP contribution in [0, 0.1) is 0 Å². The van der Waals surface area contributed by atoms with E-state index < -0.39 is 45.8 Å². The zero-order valence-electron chi connectivity index (χ0n) is 36.0. The quantitative estimate of drug-likeness (QED) is 0.0239. The van der Waals surface area contributed by atoms with Crippen LogP contribution in [0.1, 0.15) is 142 Å². The summed E-state index contributed by atoms with van der Waals surface area (Å²) in [5.74, 6) is -0.421. The van der Waals surface area contributed by atoms with E-state index in [1.165, 1.54) is 25.7 Å². The second-order valence-electron chi connectivity index (χ2n) is 13.9. The molecule has 9 nitrogen and oxygen atoms in total. The summed E-state index contributed by atoms with van der Waals surface area (Å²) in [6, 6.07) is 0. The first-order valence-corrected chi connectivity index (χ1v) is 23.4. The van der Waals surface area contributed by atoms with Gasteiger partial charge in [-0.3, -0.25) is 13.8 Å². The van der Waals surface area contributed by atoms with Crippen molar-refractivity contribution in [1.82, 2.24) is 0 Å². The number of allylic oxidation sites excluding steroid dienone is 17. The van der Waals surface area contributed by atoms with E-state index in [1.54, 1.807) is 0 Å². The molecule has 0 aromatic rings. The SMILES string of the molecule is CC/C=C\C/C=C\C/C=C\C/C=C\C/C=C\CCOCC(COP(=O)(O)OCC(O)CO)OC(=O)CCCCCCCCCC/C=C\C/C=C\C/C=C\C/C=C\CC. The number of carbonyl (C=O) groups is 1. The molecular formula is C48H79O9P. The molecule has 0 radical (unpaired) electrons. The van der Waals surface area contributed by atoms with Gasteiger partial charge >= 0.3 is 13.8 Å². The number of ether oxygens (including phenoxy) is 2. The summed E-state index contributed by atoms with van der Waals surface area (Å²) >= 11 is 0. The highest BCUT2D eigenvalue weighted by Crippen LogP contribution is 2.43. The molecule has 10 heteroatoms. The van der Waals surface area contributed by atoms with Gasteiger partial charge in [0.1, 0.15) is 12.2 Å². The summed E-state index contributed by atoms with van der Waals surface area (Å²) in [6.07, 6.45) is 56.4. The third-order valence-electron chi connectivity index (χ3n) is 8.47. The number of phosphoric ester groups is 1. The molecule has 0 aromatic carbocycles. The number of hydrogen-bond acceptors (Lipinski definition) is 8. The summed E-state index contributed by atoms with van der Waals surface area (Å²) in [6.45, 7) is 3.02. The van der Waals surface area contributed by atoms with Crippen LogP contribution in [-0.4, -0.2) is 66.3 Å². The van der Waals surface area contributed by atoms with Crippen LogP contribution < -0.4 is 0 Å². The Kier molecular flexibility index (Phi) is 41.5. The average molecular weight is 831 g/mol. The van der Waals surface area contributed by atoms with Crippen LogP contribution in [-0.2, 0) is 27.9 Å². The lowest BCUT2D eigenvalue weighted by Crippen LogP contribution is -2.29. The Balaban J connectivity index is 4.30. The molecular weight excluding hydrogens is 751 g/mol. The van der Waals surface area contributed by atoms with Gasteiger partial charge in [0, 0.05) is 6.42 Å². The van der Waals surface area contributed by atoms with E-state index in [0.29, 0.717) is 19.4 Å². The molecule has 3 atom stereocenters. The second kappa shape index (κ2) is 43.7. The molecule has 0 fully saturated rings. The van der Waals surface area contributed by atoms with Crippen molar-refractivity contribution in [1.29, 1.82) is 0 Å². The Morgan fingerprint density at radius 1 is 0.534 bits per heavy atom. The van der Waals surface area contributed by atoms with Crippen molar-refractivity contribution in [2.45, 2.75) is 154 Å². The smallest absolute Gasteiger partial charge is 0.457 e. The number of esters is 1. The lowest BCUT2D eigenvalue weighted by atomic mass is 10.1. The lowest BCUT2D eigenvalue weighted by Gasteiger charge is -2.20. The van der Waals surface area contributed by atoms with Crippen LogP contribution in [0.25, 0.3) is 0 Å². The Bertz CT molecular complexity index is 1260. The number of carbonyl (C=O) groups excluding carboxylic acids is 1. The van der Waals surface area contributed by atoms with E-state index >= 15 is 0 Å². The van der Waals surface area contributed by atoms with Gasteiger partial charge in [-0.2, -0.15) is 0 Å². The third-order valence-corrected chi connectivity index (χ3v) is 9.42. The first-order valence-electron chi connectivity index (χ1n) is 21.9. The fraction of sp³-hybridized carbons (Fsp3) is 0.604. The Morgan fingerprint density at radius 3 is 1.40 bits per heavy atom. The van der Waals surface area contributed by atoms with Crippen LogP contribution in [0.5, 0.6) is 0 Å². The van der Waals surface area contributed by atoms with E-state index in [4.69, 9.17) is 23.6 Å². The molecule has 0 heterocycles. The summed E-state index contributed by atoms with van der Waals surface area (Å²) in [4.78, 5) is 22.6. The summed E-state index contributed by atoms with van der Waals surface area (Å²) in [5.41, 5.74) is 0. The van der Waals surface area contributed by atoms with Crippen molar-refractivity contribution in [3.63, 3.8) is 0 Å². The minimum Gasteiger partial charge on any atom is -0.457 e. The minimum atomic E-state index is -4.55. The predicted molar refractivity (Wildman–Crippen MR) is 241 cm³/mol. The van der Waals surface area contributed by atoms with Gasteiger partial charge in [0.25, 0.3) is 0 Å². The van der Waals surface area contributed by atoms with Gasteiger partial charge in [0.2, 0.25) is 0 Å². The topological polar surface area (TPSA) is 132 Å². The van der Waals surface area contributed by atoms with Crippen molar-refractivity contribution in [2.75, 3.05) is 33.0 Å².